The van der Waals surface area contributed by atoms with Gasteiger partial charge in [0.1, 0.15) is 0 Å². The van der Waals surface area contributed by atoms with Crippen LogP contribution in [0.25, 0.3) is 0 Å². The summed E-state index contributed by atoms with van der Waals surface area (Å²) in [7, 11) is 0. The minimum atomic E-state index is -1.14. The van der Waals surface area contributed by atoms with Gasteiger partial charge in [0.25, 0.3) is 0 Å². The number of halogens is 2. The van der Waals surface area contributed by atoms with Crippen LogP contribution in [0, 0.1) is 0 Å². The van der Waals surface area contributed by atoms with Crippen LogP contribution < -0.4 is 10.6 Å². The Kier molecular flexibility index (Phi) is 5.87. The molecule has 0 bridgehead atoms. The second-order valence-electron chi connectivity index (χ2n) is 4.97. The van der Waals surface area contributed by atoms with Gasteiger partial charge in [0.2, 0.25) is 0 Å². The van der Waals surface area contributed by atoms with E-state index in [9.17, 15) is 9.59 Å². The molecule has 1 aromatic rings. The molecule has 21 heavy (non-hydrogen) atoms. The third-order valence-electron chi connectivity index (χ3n) is 3.50. The summed E-state index contributed by atoms with van der Waals surface area (Å²) < 4.78 is 0. The highest BCUT2D eigenvalue weighted by molar-refractivity contribution is 6.40. The van der Waals surface area contributed by atoms with E-state index in [1.807, 2.05) is 20.8 Å². The van der Waals surface area contributed by atoms with E-state index < -0.39 is 12.0 Å². The van der Waals surface area contributed by atoms with Crippen molar-refractivity contribution < 1.29 is 14.7 Å². The number of benzene rings is 1. The number of carboxylic acids is 1. The van der Waals surface area contributed by atoms with Crippen molar-refractivity contribution in [2.24, 2.45) is 0 Å². The van der Waals surface area contributed by atoms with Gasteiger partial charge in [-0.05, 0) is 31.9 Å². The molecule has 0 aliphatic carbocycles. The molecule has 0 fully saturated rings. The highest BCUT2D eigenvalue weighted by atomic mass is 35.5. The summed E-state index contributed by atoms with van der Waals surface area (Å²) in [5.41, 5.74) is -0.178. The van der Waals surface area contributed by atoms with Crippen LogP contribution in [-0.2, 0) is 0 Å². The van der Waals surface area contributed by atoms with Gasteiger partial charge < -0.3 is 15.7 Å². The van der Waals surface area contributed by atoms with Crippen molar-refractivity contribution in [1.29, 1.82) is 0 Å². The van der Waals surface area contributed by atoms with E-state index in [0.717, 1.165) is 12.8 Å². The first-order chi connectivity index (χ1) is 9.72. The molecule has 0 atom stereocenters. The van der Waals surface area contributed by atoms with Crippen LogP contribution in [-0.4, -0.2) is 22.6 Å². The van der Waals surface area contributed by atoms with Crippen molar-refractivity contribution in [3.05, 3.63) is 27.7 Å². The maximum Gasteiger partial charge on any atom is 0.335 e. The number of carbonyl (C=O) groups is 2. The lowest BCUT2D eigenvalue weighted by atomic mass is 9.96. The Labute approximate surface area is 133 Å². The van der Waals surface area contributed by atoms with Crippen LogP contribution >= 0.6 is 23.2 Å². The first-order valence-corrected chi connectivity index (χ1v) is 7.29. The zero-order chi connectivity index (χ0) is 16.2. The highest BCUT2D eigenvalue weighted by Gasteiger charge is 2.23. The second kappa shape index (κ2) is 7.00. The molecule has 1 aromatic carbocycles. The Bertz CT molecular complexity index is 534. The number of anilines is 1. The molecule has 0 heterocycles. The summed E-state index contributed by atoms with van der Waals surface area (Å²) in [4.78, 5) is 22.9. The largest absolute Gasteiger partial charge is 0.478 e. The number of amides is 2. The molecular formula is C14H18Cl2N2O3. The van der Waals surface area contributed by atoms with Gasteiger partial charge >= 0.3 is 12.0 Å². The molecule has 0 radical (unpaired) electrons. The van der Waals surface area contributed by atoms with Crippen molar-refractivity contribution in [3.8, 4) is 0 Å². The van der Waals surface area contributed by atoms with Gasteiger partial charge in [-0.3, -0.25) is 0 Å². The molecule has 3 N–H and O–H groups in total. The Morgan fingerprint density at radius 3 is 2.05 bits per heavy atom. The smallest absolute Gasteiger partial charge is 0.335 e. The molecule has 0 spiro atoms. The summed E-state index contributed by atoms with van der Waals surface area (Å²) >= 11 is 11.9. The normalized spacial score (nSPS) is 11.1. The van der Waals surface area contributed by atoms with E-state index in [2.05, 4.69) is 10.6 Å². The standard InChI is InChI=1S/C14H18Cl2N2O3/c1-4-14(3,5-2)18-13(21)17-11-9(15)6-8(12(19)20)7-10(11)16/h6-7H,4-5H2,1-3H3,(H,19,20)(H2,17,18,21). The van der Waals surface area contributed by atoms with Crippen LogP contribution in [0.2, 0.25) is 10.0 Å². The van der Waals surface area contributed by atoms with Crippen LogP contribution in [0.3, 0.4) is 0 Å². The third-order valence-corrected chi connectivity index (χ3v) is 4.10. The van der Waals surface area contributed by atoms with Crippen LogP contribution in [0.15, 0.2) is 12.1 Å². The zero-order valence-electron chi connectivity index (χ0n) is 12.1. The van der Waals surface area contributed by atoms with Gasteiger partial charge in [0.15, 0.2) is 0 Å². The number of urea groups is 1. The molecule has 0 unspecified atom stereocenters. The zero-order valence-corrected chi connectivity index (χ0v) is 13.6. The predicted molar refractivity (Wildman–Crippen MR) is 84.6 cm³/mol. The lowest BCUT2D eigenvalue weighted by Gasteiger charge is -2.28. The quantitative estimate of drug-likeness (QED) is 0.748. The SMILES string of the molecule is CCC(C)(CC)NC(=O)Nc1c(Cl)cc(C(=O)O)cc1Cl. The number of hydrogen-bond donors (Lipinski definition) is 3. The summed E-state index contributed by atoms with van der Waals surface area (Å²) in [5, 5.41) is 14.5. The number of carbonyl (C=O) groups excluding carboxylic acids is 1. The molecule has 2 amide bonds. The monoisotopic (exact) mass is 332 g/mol. The van der Waals surface area contributed by atoms with Crippen LogP contribution in [0.4, 0.5) is 10.5 Å². The Morgan fingerprint density at radius 1 is 1.19 bits per heavy atom. The van der Waals surface area contributed by atoms with Crippen molar-refractivity contribution in [2.75, 3.05) is 5.32 Å². The fourth-order valence-corrected chi connectivity index (χ4v) is 2.24. The molecule has 7 heteroatoms. The van der Waals surface area contributed by atoms with Crippen molar-refractivity contribution in [3.63, 3.8) is 0 Å². The van der Waals surface area contributed by atoms with Crippen LogP contribution in [0.5, 0.6) is 0 Å². The lowest BCUT2D eigenvalue weighted by molar-refractivity contribution is 0.0697. The number of aromatic carboxylic acids is 1. The molecule has 1 rings (SSSR count). The molecule has 116 valence electrons. The number of rotatable bonds is 5. The highest BCUT2D eigenvalue weighted by Crippen LogP contribution is 2.32. The summed E-state index contributed by atoms with van der Waals surface area (Å²) in [6.45, 7) is 5.89. The molecular weight excluding hydrogens is 315 g/mol. The first kappa shape index (κ1) is 17.6. The fraction of sp³-hybridized carbons (Fsp3) is 0.429. The molecule has 0 saturated carbocycles. The average Bonchev–Trinajstić information content (AvgIpc) is 2.42. The summed E-state index contributed by atoms with van der Waals surface area (Å²) in [5.74, 6) is -1.14. The fourth-order valence-electron chi connectivity index (χ4n) is 1.66. The van der Waals surface area contributed by atoms with E-state index in [-0.39, 0.29) is 26.8 Å². The maximum atomic E-state index is 12.0. The minimum absolute atomic E-state index is 0.0390. The predicted octanol–water partition coefficient (Wildman–Crippen LogP) is 4.39. The average molecular weight is 333 g/mol. The maximum absolute atomic E-state index is 12.0. The van der Waals surface area contributed by atoms with Crippen molar-refractivity contribution in [2.45, 2.75) is 39.2 Å². The van der Waals surface area contributed by atoms with E-state index in [0.29, 0.717) is 0 Å². The van der Waals surface area contributed by atoms with Gasteiger partial charge in [-0.2, -0.15) is 0 Å². The summed E-state index contributed by atoms with van der Waals surface area (Å²) in [6, 6.07) is 2.04. The number of hydrogen-bond acceptors (Lipinski definition) is 2. The molecule has 5 nitrogen and oxygen atoms in total. The summed E-state index contributed by atoms with van der Waals surface area (Å²) in [6.07, 6.45) is 1.55. The minimum Gasteiger partial charge on any atom is -0.478 e. The molecule has 0 saturated heterocycles. The Balaban J connectivity index is 2.94. The molecule has 0 aromatic heterocycles. The van der Waals surface area contributed by atoms with E-state index >= 15 is 0 Å². The van der Waals surface area contributed by atoms with Crippen LogP contribution in [0.1, 0.15) is 44.0 Å². The van der Waals surface area contributed by atoms with E-state index in [4.69, 9.17) is 28.3 Å². The Hall–Kier alpha value is -1.46. The number of nitrogens with one attached hydrogen (secondary N) is 2. The number of carboxylic acid groups (broad SMARTS) is 1. The first-order valence-electron chi connectivity index (χ1n) is 6.54. The third kappa shape index (κ3) is 4.51. The van der Waals surface area contributed by atoms with E-state index in [1.165, 1.54) is 12.1 Å². The molecule has 0 aliphatic rings. The van der Waals surface area contributed by atoms with E-state index in [1.54, 1.807) is 0 Å². The van der Waals surface area contributed by atoms with Gasteiger partial charge in [-0.1, -0.05) is 37.0 Å². The Morgan fingerprint density at radius 2 is 1.67 bits per heavy atom. The van der Waals surface area contributed by atoms with Gasteiger partial charge in [-0.25, -0.2) is 9.59 Å². The lowest BCUT2D eigenvalue weighted by Crippen LogP contribution is -2.47. The van der Waals surface area contributed by atoms with Gasteiger partial charge in [-0.15, -0.1) is 0 Å². The van der Waals surface area contributed by atoms with Gasteiger partial charge in [0.05, 0.1) is 21.3 Å². The van der Waals surface area contributed by atoms with Crippen molar-refractivity contribution >= 4 is 40.9 Å². The second-order valence-corrected chi connectivity index (χ2v) is 5.78. The molecule has 0 aliphatic heterocycles. The topological polar surface area (TPSA) is 78.4 Å². The van der Waals surface area contributed by atoms with Crippen molar-refractivity contribution in [1.82, 2.24) is 5.32 Å². The van der Waals surface area contributed by atoms with Gasteiger partial charge in [0, 0.05) is 5.54 Å².